The molecule has 2 unspecified atom stereocenters. The van der Waals surface area contributed by atoms with E-state index >= 15 is 0 Å². The Balaban J connectivity index is 1.52. The van der Waals surface area contributed by atoms with Gasteiger partial charge in [0.1, 0.15) is 6.07 Å². The number of amides is 2. The van der Waals surface area contributed by atoms with Gasteiger partial charge >= 0.3 is 6.03 Å². The smallest absolute Gasteiger partial charge is 0.320 e. The molecule has 0 bridgehead atoms. The van der Waals surface area contributed by atoms with Gasteiger partial charge in [-0.3, -0.25) is 9.59 Å². The summed E-state index contributed by atoms with van der Waals surface area (Å²) in [5, 5.41) is 9.94. The van der Waals surface area contributed by atoms with Crippen LogP contribution in [0.2, 0.25) is 0 Å². The number of hydrogen-bond acceptors (Lipinski definition) is 4. The van der Waals surface area contributed by atoms with Crippen molar-refractivity contribution >= 4 is 17.6 Å². The van der Waals surface area contributed by atoms with Crippen LogP contribution in [0.1, 0.15) is 93.4 Å². The fourth-order valence-corrected chi connectivity index (χ4v) is 11.1. The average Bonchev–Trinajstić information content (AvgIpc) is 3.21. The molecule has 6 aliphatic rings. The van der Waals surface area contributed by atoms with Crippen LogP contribution in [0.5, 0.6) is 0 Å². The van der Waals surface area contributed by atoms with Crippen molar-refractivity contribution in [2.45, 2.75) is 99.0 Å². The van der Waals surface area contributed by atoms with Crippen molar-refractivity contribution in [2.24, 2.45) is 44.8 Å². The standard InChI is InChI=1S/C34H47N3O3/c1-29(2)11-13-34(37-16-15-36(8)28(37)40)14-12-33(7)26(22(34)19-29)23(38)17-25-31(5)18-21(20-35)27(39)30(3,4)24(31)9-10-32(25,33)6/h17-18,22,24,26H,9-16,19H2,1-8H3/t22?,24?,26-,31-,32+,33+,34-/m0/s1. The zero-order chi connectivity index (χ0) is 29.3. The topological polar surface area (TPSA) is 81.5 Å². The second-order valence-corrected chi connectivity index (χ2v) is 16.2. The molecule has 2 amide bonds. The molecule has 0 aromatic carbocycles. The number of urea groups is 1. The van der Waals surface area contributed by atoms with Crippen molar-refractivity contribution in [1.29, 1.82) is 5.26 Å². The van der Waals surface area contributed by atoms with Crippen LogP contribution in [0.4, 0.5) is 4.79 Å². The van der Waals surface area contributed by atoms with Gasteiger partial charge in [0.05, 0.1) is 5.57 Å². The van der Waals surface area contributed by atoms with E-state index in [1.54, 1.807) is 0 Å². The fraction of sp³-hybridized carbons (Fsp3) is 0.765. The summed E-state index contributed by atoms with van der Waals surface area (Å²) < 4.78 is 0. The molecule has 40 heavy (non-hydrogen) atoms. The number of hydrogen-bond donors (Lipinski definition) is 0. The predicted octanol–water partition coefficient (Wildman–Crippen LogP) is 6.33. The first-order valence-electron chi connectivity index (χ1n) is 15.5. The monoisotopic (exact) mass is 545 g/mol. The second kappa shape index (κ2) is 8.11. The van der Waals surface area contributed by atoms with Gasteiger partial charge < -0.3 is 9.80 Å². The van der Waals surface area contributed by atoms with Crippen molar-refractivity contribution < 1.29 is 14.4 Å². The molecule has 5 aliphatic carbocycles. The number of nitrogens with zero attached hydrogens (tertiary/aromatic N) is 3. The fourth-order valence-electron chi connectivity index (χ4n) is 11.1. The molecule has 6 nitrogen and oxygen atoms in total. The lowest BCUT2D eigenvalue weighted by molar-refractivity contribution is -0.171. The zero-order valence-corrected chi connectivity index (χ0v) is 25.8. The van der Waals surface area contributed by atoms with Crippen molar-refractivity contribution in [3.8, 4) is 6.07 Å². The molecule has 0 radical (unpaired) electrons. The molecule has 0 aromatic heterocycles. The van der Waals surface area contributed by atoms with Crippen molar-refractivity contribution in [3.63, 3.8) is 0 Å². The summed E-state index contributed by atoms with van der Waals surface area (Å²) in [6.45, 7) is 17.1. The zero-order valence-electron chi connectivity index (χ0n) is 25.8. The first-order chi connectivity index (χ1) is 18.5. The van der Waals surface area contributed by atoms with Gasteiger partial charge in [-0.1, -0.05) is 60.1 Å². The normalized spacial score (nSPS) is 45.5. The predicted molar refractivity (Wildman–Crippen MR) is 154 cm³/mol. The van der Waals surface area contributed by atoms with E-state index in [4.69, 9.17) is 0 Å². The Labute approximate surface area is 240 Å². The van der Waals surface area contributed by atoms with Crippen LogP contribution in [0, 0.1) is 56.2 Å². The maximum atomic E-state index is 14.7. The number of fused-ring (bicyclic) bond motifs is 7. The van der Waals surface area contributed by atoms with Crippen molar-refractivity contribution in [1.82, 2.24) is 9.80 Å². The van der Waals surface area contributed by atoms with Crippen LogP contribution >= 0.6 is 0 Å². The third kappa shape index (κ3) is 3.18. The molecule has 4 fully saturated rings. The lowest BCUT2D eigenvalue weighted by Crippen LogP contribution is -2.70. The maximum Gasteiger partial charge on any atom is 0.320 e. The molecule has 3 saturated carbocycles. The van der Waals surface area contributed by atoms with E-state index in [0.717, 1.165) is 63.6 Å². The summed E-state index contributed by atoms with van der Waals surface area (Å²) >= 11 is 0. The lowest BCUT2D eigenvalue weighted by atomic mass is 9.35. The second-order valence-electron chi connectivity index (χ2n) is 16.2. The molecule has 1 aliphatic heterocycles. The van der Waals surface area contributed by atoms with E-state index in [1.165, 1.54) is 0 Å². The van der Waals surface area contributed by atoms with Crippen molar-refractivity contribution in [2.75, 3.05) is 20.1 Å². The van der Waals surface area contributed by atoms with Gasteiger partial charge in [-0.15, -0.1) is 0 Å². The van der Waals surface area contributed by atoms with Gasteiger partial charge in [-0.25, -0.2) is 4.79 Å². The van der Waals surface area contributed by atoms with Crippen LogP contribution in [0.15, 0.2) is 23.3 Å². The Morgan fingerprint density at radius 3 is 2.23 bits per heavy atom. The third-order valence-electron chi connectivity index (χ3n) is 13.6. The maximum absolute atomic E-state index is 14.7. The quantitative estimate of drug-likeness (QED) is 0.386. The largest absolute Gasteiger partial charge is 0.326 e. The number of carbonyl (C=O) groups excluding carboxylic acids is 3. The molecule has 216 valence electrons. The Bertz CT molecular complexity index is 1320. The first kappa shape index (κ1) is 27.7. The van der Waals surface area contributed by atoms with E-state index in [0.29, 0.717) is 0 Å². The van der Waals surface area contributed by atoms with Gasteiger partial charge in [0.15, 0.2) is 11.6 Å². The summed E-state index contributed by atoms with van der Waals surface area (Å²) in [4.78, 5) is 45.4. The van der Waals surface area contributed by atoms with Gasteiger partial charge in [-0.2, -0.15) is 5.26 Å². The number of nitriles is 1. The van der Waals surface area contributed by atoms with E-state index in [2.05, 4.69) is 45.6 Å². The highest BCUT2D eigenvalue weighted by atomic mass is 16.2. The van der Waals surface area contributed by atoms with Gasteiger partial charge in [-0.05, 0) is 79.1 Å². The van der Waals surface area contributed by atoms with Crippen LogP contribution < -0.4 is 0 Å². The molecule has 6 rings (SSSR count). The summed E-state index contributed by atoms with van der Waals surface area (Å²) in [5.74, 6) is 0.148. The van der Waals surface area contributed by atoms with Crippen LogP contribution in [0.3, 0.4) is 0 Å². The van der Waals surface area contributed by atoms with Crippen LogP contribution in [-0.4, -0.2) is 53.1 Å². The molecule has 0 N–H and O–H groups in total. The van der Waals surface area contributed by atoms with Gasteiger partial charge in [0.2, 0.25) is 0 Å². The summed E-state index contributed by atoms with van der Waals surface area (Å²) in [6.07, 6.45) is 10.5. The molecule has 0 spiro atoms. The first-order valence-corrected chi connectivity index (χ1v) is 15.5. The highest BCUT2D eigenvalue weighted by Crippen LogP contribution is 2.74. The third-order valence-corrected chi connectivity index (χ3v) is 13.6. The summed E-state index contributed by atoms with van der Waals surface area (Å²) in [7, 11) is 1.90. The Morgan fingerprint density at radius 2 is 1.60 bits per heavy atom. The molecular formula is C34H47N3O3. The highest BCUT2D eigenvalue weighted by molar-refractivity contribution is 6.04. The number of Topliss-reactive ketones (excluding diaryl/α,β-unsaturated/α-hetero) is 1. The summed E-state index contributed by atoms with van der Waals surface area (Å²) in [5.41, 5.74) is -0.451. The molecule has 6 heteroatoms. The molecular weight excluding hydrogens is 498 g/mol. The number of rotatable bonds is 1. The van der Waals surface area contributed by atoms with Gasteiger partial charge in [0.25, 0.3) is 0 Å². The number of likely N-dealkylation sites (N-methyl/N-ethyl adjacent to an activating group) is 1. The van der Waals surface area contributed by atoms with E-state index < -0.39 is 10.8 Å². The van der Waals surface area contributed by atoms with E-state index in [9.17, 15) is 19.6 Å². The summed E-state index contributed by atoms with van der Waals surface area (Å²) in [6, 6.07) is 2.32. The Kier molecular flexibility index (Phi) is 5.62. The lowest BCUT2D eigenvalue weighted by Gasteiger charge is -2.70. The van der Waals surface area contributed by atoms with Gasteiger partial charge in [0, 0.05) is 42.4 Å². The van der Waals surface area contributed by atoms with Crippen LogP contribution in [0.25, 0.3) is 0 Å². The molecule has 1 heterocycles. The van der Waals surface area contributed by atoms with Crippen molar-refractivity contribution in [3.05, 3.63) is 23.3 Å². The van der Waals surface area contributed by atoms with Crippen LogP contribution in [-0.2, 0) is 9.59 Å². The molecule has 7 atom stereocenters. The number of allylic oxidation sites excluding steroid dienone is 4. The number of ketones is 2. The average molecular weight is 546 g/mol. The number of carbonyl (C=O) groups is 3. The van der Waals surface area contributed by atoms with E-state index in [-0.39, 0.29) is 62.7 Å². The SMILES string of the molecule is CN1CCN([C@]23CCC(C)(C)CC2[C@H]2C(=O)C=C4[C@@]5(C)C=C(C#N)C(=O)C(C)(C)C5CC[C@@]4(C)[C@]2(C)CC3)C1=O. The minimum absolute atomic E-state index is 0.0472. The molecule has 1 saturated heterocycles. The highest BCUT2D eigenvalue weighted by Gasteiger charge is 2.71. The minimum atomic E-state index is -0.658. The Hall–Kier alpha value is -2.42. The Morgan fingerprint density at radius 1 is 0.925 bits per heavy atom. The van der Waals surface area contributed by atoms with E-state index in [1.807, 2.05) is 37.9 Å². The molecule has 0 aromatic rings. The minimum Gasteiger partial charge on any atom is -0.326 e.